The number of aliphatic hydroxyl groups excluding tert-OH is 1. The highest BCUT2D eigenvalue weighted by molar-refractivity contribution is 5.09. The lowest BCUT2D eigenvalue weighted by Gasteiger charge is -2.35. The summed E-state index contributed by atoms with van der Waals surface area (Å²) in [5.74, 6) is 0. The lowest BCUT2D eigenvalue weighted by molar-refractivity contribution is -0.0962. The van der Waals surface area contributed by atoms with Crippen molar-refractivity contribution in [1.29, 1.82) is 0 Å². The van der Waals surface area contributed by atoms with Gasteiger partial charge in [0.15, 0.2) is 0 Å². The number of hydrogen-bond donors (Lipinski definition) is 1. The van der Waals surface area contributed by atoms with Gasteiger partial charge in [-0.1, -0.05) is 33.3 Å². The molecular weight excluding hydrogens is 176 g/mol. The minimum atomic E-state index is -0.442. The van der Waals surface area contributed by atoms with Crippen molar-refractivity contribution in [2.45, 2.75) is 64.3 Å². The summed E-state index contributed by atoms with van der Waals surface area (Å²) < 4.78 is 5.84. The second-order valence-corrected chi connectivity index (χ2v) is 4.18. The Morgan fingerprint density at radius 3 is 2.57 bits per heavy atom. The van der Waals surface area contributed by atoms with Gasteiger partial charge in [-0.05, 0) is 24.8 Å². The van der Waals surface area contributed by atoms with E-state index in [2.05, 4.69) is 20.4 Å². The van der Waals surface area contributed by atoms with Crippen LogP contribution in [0.5, 0.6) is 0 Å². The molecule has 1 N–H and O–H groups in total. The minimum absolute atomic E-state index is 0.0159. The van der Waals surface area contributed by atoms with E-state index in [0.29, 0.717) is 0 Å². The second-order valence-electron chi connectivity index (χ2n) is 4.18. The largest absolute Gasteiger partial charge is 0.386 e. The molecule has 0 unspecified atom stereocenters. The molecule has 3 atom stereocenters. The van der Waals surface area contributed by atoms with Crippen molar-refractivity contribution in [2.24, 2.45) is 0 Å². The molecule has 0 aromatic heterocycles. The van der Waals surface area contributed by atoms with Crippen molar-refractivity contribution in [1.82, 2.24) is 0 Å². The fraction of sp³-hybridized carbons (Fsp3) is 0.833. The molecule has 0 aromatic rings. The van der Waals surface area contributed by atoms with Crippen LogP contribution in [0, 0.1) is 0 Å². The van der Waals surface area contributed by atoms with Gasteiger partial charge < -0.3 is 9.84 Å². The molecule has 1 aliphatic rings. The fourth-order valence-corrected chi connectivity index (χ4v) is 2.05. The summed E-state index contributed by atoms with van der Waals surface area (Å²) in [5.41, 5.74) is 0.952. The van der Waals surface area contributed by atoms with Crippen LogP contribution in [0.15, 0.2) is 12.2 Å². The first-order valence-corrected chi connectivity index (χ1v) is 5.70. The molecule has 1 fully saturated rings. The molecule has 82 valence electrons. The Balaban J connectivity index is 2.52. The van der Waals surface area contributed by atoms with E-state index in [4.69, 9.17) is 4.74 Å². The van der Waals surface area contributed by atoms with Gasteiger partial charge in [0.05, 0.1) is 12.2 Å². The van der Waals surface area contributed by atoms with Crippen molar-refractivity contribution in [3.8, 4) is 0 Å². The van der Waals surface area contributed by atoms with E-state index in [1.54, 1.807) is 0 Å². The molecular formula is C12H22O2. The lowest BCUT2D eigenvalue weighted by atomic mass is 9.92. The summed E-state index contributed by atoms with van der Waals surface area (Å²) in [6.45, 7) is 8.20. The van der Waals surface area contributed by atoms with Crippen LogP contribution < -0.4 is 0 Å². The van der Waals surface area contributed by atoms with Crippen LogP contribution in [-0.4, -0.2) is 23.4 Å². The summed E-state index contributed by atoms with van der Waals surface area (Å²) in [6, 6.07) is 0. The Kier molecular flexibility index (Phi) is 4.63. The van der Waals surface area contributed by atoms with Crippen LogP contribution in [0.3, 0.4) is 0 Å². The van der Waals surface area contributed by atoms with Crippen LogP contribution in [0.4, 0.5) is 0 Å². The summed E-state index contributed by atoms with van der Waals surface area (Å²) in [4.78, 5) is 0. The van der Waals surface area contributed by atoms with Gasteiger partial charge in [-0.2, -0.15) is 0 Å². The minimum Gasteiger partial charge on any atom is -0.386 e. The van der Waals surface area contributed by atoms with Crippen molar-refractivity contribution in [3.63, 3.8) is 0 Å². The zero-order valence-electron chi connectivity index (χ0n) is 9.33. The molecule has 1 rings (SSSR count). The zero-order chi connectivity index (χ0) is 10.6. The predicted octanol–water partition coefficient (Wildman–Crippen LogP) is 2.66. The lowest BCUT2D eigenvalue weighted by Crippen LogP contribution is -2.40. The Labute approximate surface area is 87.0 Å². The average Bonchev–Trinajstić information content (AvgIpc) is 2.14. The Morgan fingerprint density at radius 1 is 1.36 bits per heavy atom. The Bertz CT molecular complexity index is 189. The Morgan fingerprint density at radius 2 is 2.00 bits per heavy atom. The maximum atomic E-state index is 9.83. The third-order valence-electron chi connectivity index (χ3n) is 2.81. The predicted molar refractivity (Wildman–Crippen MR) is 58.2 cm³/mol. The molecule has 0 saturated carbocycles. The molecule has 0 aromatic carbocycles. The molecule has 0 radical (unpaired) electrons. The van der Waals surface area contributed by atoms with Gasteiger partial charge in [0.25, 0.3) is 0 Å². The van der Waals surface area contributed by atoms with E-state index < -0.39 is 6.10 Å². The molecule has 0 spiro atoms. The normalized spacial score (nSPS) is 33.4. The van der Waals surface area contributed by atoms with Crippen molar-refractivity contribution >= 4 is 0 Å². The smallest absolute Gasteiger partial charge is 0.101 e. The van der Waals surface area contributed by atoms with Crippen LogP contribution in [0.2, 0.25) is 0 Å². The van der Waals surface area contributed by atoms with Gasteiger partial charge in [-0.3, -0.25) is 0 Å². The molecule has 14 heavy (non-hydrogen) atoms. The van der Waals surface area contributed by atoms with Crippen LogP contribution in [0.1, 0.15) is 46.0 Å². The Hall–Kier alpha value is -0.340. The van der Waals surface area contributed by atoms with E-state index in [0.717, 1.165) is 37.7 Å². The quantitative estimate of drug-likeness (QED) is 0.704. The fourth-order valence-electron chi connectivity index (χ4n) is 2.05. The van der Waals surface area contributed by atoms with E-state index in [9.17, 15) is 5.11 Å². The topological polar surface area (TPSA) is 29.5 Å². The molecule has 1 aliphatic heterocycles. The molecule has 0 amide bonds. The average molecular weight is 198 g/mol. The maximum absolute atomic E-state index is 9.83. The summed E-state index contributed by atoms with van der Waals surface area (Å²) >= 11 is 0. The molecule has 1 saturated heterocycles. The first-order valence-electron chi connectivity index (χ1n) is 5.70. The third kappa shape index (κ3) is 2.82. The zero-order valence-corrected chi connectivity index (χ0v) is 9.33. The van der Waals surface area contributed by atoms with Gasteiger partial charge in [-0.15, -0.1) is 0 Å². The highest BCUT2D eigenvalue weighted by atomic mass is 16.5. The number of ether oxygens (including phenoxy) is 1. The van der Waals surface area contributed by atoms with Gasteiger partial charge in [0, 0.05) is 0 Å². The third-order valence-corrected chi connectivity index (χ3v) is 2.81. The van der Waals surface area contributed by atoms with E-state index in [1.165, 1.54) is 0 Å². The summed E-state index contributed by atoms with van der Waals surface area (Å²) in [6.07, 6.45) is 4.84. The molecule has 2 nitrogen and oxygen atoms in total. The maximum Gasteiger partial charge on any atom is 0.101 e. The first-order chi connectivity index (χ1) is 6.69. The van der Waals surface area contributed by atoms with Crippen molar-refractivity contribution in [3.05, 3.63) is 12.2 Å². The van der Waals surface area contributed by atoms with Crippen LogP contribution in [0.25, 0.3) is 0 Å². The molecule has 0 aliphatic carbocycles. The molecule has 1 heterocycles. The SMILES string of the molecule is C=C1C[C@H](CCC)O[C@H](CCC)[C@H]1O. The van der Waals surface area contributed by atoms with Gasteiger partial charge >= 0.3 is 0 Å². The second kappa shape index (κ2) is 5.52. The van der Waals surface area contributed by atoms with Crippen LogP contribution >= 0.6 is 0 Å². The summed E-state index contributed by atoms with van der Waals surface area (Å²) in [5, 5.41) is 9.83. The van der Waals surface area contributed by atoms with Crippen LogP contribution in [-0.2, 0) is 4.74 Å². The monoisotopic (exact) mass is 198 g/mol. The standard InChI is InChI=1S/C12H22O2/c1-4-6-10-8-9(3)12(13)11(14-10)7-5-2/h10-13H,3-8H2,1-2H3/t10-,11+,12-/m0/s1. The van der Waals surface area contributed by atoms with Gasteiger partial charge in [0.1, 0.15) is 6.10 Å². The van der Waals surface area contributed by atoms with Gasteiger partial charge in [-0.25, -0.2) is 0 Å². The first kappa shape index (κ1) is 11.7. The van der Waals surface area contributed by atoms with E-state index in [-0.39, 0.29) is 12.2 Å². The van der Waals surface area contributed by atoms with E-state index >= 15 is 0 Å². The van der Waals surface area contributed by atoms with Crippen molar-refractivity contribution in [2.75, 3.05) is 0 Å². The molecule has 2 heteroatoms. The number of rotatable bonds is 4. The number of aliphatic hydroxyl groups is 1. The van der Waals surface area contributed by atoms with Gasteiger partial charge in [0.2, 0.25) is 0 Å². The molecule has 0 bridgehead atoms. The summed E-state index contributed by atoms with van der Waals surface area (Å²) in [7, 11) is 0. The van der Waals surface area contributed by atoms with Crippen molar-refractivity contribution < 1.29 is 9.84 Å². The highest BCUT2D eigenvalue weighted by Gasteiger charge is 2.31. The number of hydrogen-bond acceptors (Lipinski definition) is 2. The van der Waals surface area contributed by atoms with E-state index in [1.807, 2.05) is 0 Å². The highest BCUT2D eigenvalue weighted by Crippen LogP contribution is 2.28.